The van der Waals surface area contributed by atoms with E-state index in [0.29, 0.717) is 12.3 Å². The number of hydrogen-bond donors (Lipinski definition) is 0. The van der Waals surface area contributed by atoms with Gasteiger partial charge in [0.1, 0.15) is 0 Å². The van der Waals surface area contributed by atoms with Gasteiger partial charge >= 0.3 is 5.97 Å². The maximum atomic E-state index is 10.5. The monoisotopic (exact) mass is 130 g/mol. The lowest BCUT2D eigenvalue weighted by Gasteiger charge is -2.24. The minimum Gasteiger partial charge on any atom is -0.469 e. The Morgan fingerprint density at radius 2 is 2.44 bits per heavy atom. The van der Waals surface area contributed by atoms with Gasteiger partial charge in [-0.2, -0.15) is 0 Å². The smallest absolute Gasteiger partial charge is 0.305 e. The minimum absolute atomic E-state index is 0.136. The van der Waals surface area contributed by atoms with E-state index in [1.807, 2.05) is 0 Å². The zero-order chi connectivity index (χ0) is 6.69. The highest BCUT2D eigenvalue weighted by atomic mass is 16.5. The zero-order valence-corrected chi connectivity index (χ0v) is 5.42. The van der Waals surface area contributed by atoms with Crippen LogP contribution < -0.4 is 0 Å². The number of esters is 1. The highest BCUT2D eigenvalue weighted by molar-refractivity contribution is 5.69. The molecule has 0 atom stereocenters. The summed E-state index contributed by atoms with van der Waals surface area (Å²) in [6.07, 6.45) is 0.510. The van der Waals surface area contributed by atoms with Crippen molar-refractivity contribution in [2.45, 2.75) is 6.42 Å². The second kappa shape index (κ2) is 2.82. The van der Waals surface area contributed by atoms with Crippen LogP contribution in [0.25, 0.3) is 0 Å². The second-order valence-electron chi connectivity index (χ2n) is 2.18. The van der Waals surface area contributed by atoms with E-state index in [0.717, 1.165) is 13.2 Å². The van der Waals surface area contributed by atoms with Crippen molar-refractivity contribution in [3.05, 3.63) is 0 Å². The van der Waals surface area contributed by atoms with E-state index in [4.69, 9.17) is 4.74 Å². The molecule has 0 radical (unpaired) electrons. The van der Waals surface area contributed by atoms with Gasteiger partial charge in [0, 0.05) is 5.92 Å². The Hall–Kier alpha value is -0.570. The van der Waals surface area contributed by atoms with Crippen LogP contribution in [0.1, 0.15) is 6.42 Å². The average Bonchev–Trinajstić information content (AvgIpc) is 1.78. The van der Waals surface area contributed by atoms with Crippen molar-refractivity contribution in [1.29, 1.82) is 0 Å². The van der Waals surface area contributed by atoms with Gasteiger partial charge in [0.2, 0.25) is 0 Å². The first-order chi connectivity index (χ1) is 4.33. The van der Waals surface area contributed by atoms with Crippen molar-refractivity contribution in [1.82, 2.24) is 0 Å². The summed E-state index contributed by atoms with van der Waals surface area (Å²) < 4.78 is 9.33. The summed E-state index contributed by atoms with van der Waals surface area (Å²) >= 11 is 0. The molecule has 0 amide bonds. The van der Waals surface area contributed by atoms with E-state index in [1.54, 1.807) is 0 Å². The Balaban J connectivity index is 2.09. The molecule has 0 bridgehead atoms. The summed E-state index contributed by atoms with van der Waals surface area (Å²) in [4.78, 5) is 10.5. The third-order valence-corrected chi connectivity index (χ3v) is 1.39. The maximum Gasteiger partial charge on any atom is 0.305 e. The van der Waals surface area contributed by atoms with E-state index in [9.17, 15) is 4.79 Å². The van der Waals surface area contributed by atoms with Crippen LogP contribution in [0.5, 0.6) is 0 Å². The Labute approximate surface area is 53.9 Å². The summed E-state index contributed by atoms with van der Waals surface area (Å²) in [5.74, 6) is 0.278. The van der Waals surface area contributed by atoms with Gasteiger partial charge in [-0.25, -0.2) is 0 Å². The van der Waals surface area contributed by atoms with E-state index in [-0.39, 0.29) is 5.97 Å². The van der Waals surface area contributed by atoms with Crippen LogP contribution in [0.2, 0.25) is 0 Å². The molecule has 52 valence electrons. The van der Waals surface area contributed by atoms with Gasteiger partial charge in [0.05, 0.1) is 26.7 Å². The fraction of sp³-hybridized carbons (Fsp3) is 0.833. The number of methoxy groups -OCH3 is 1. The lowest BCUT2D eigenvalue weighted by Crippen LogP contribution is -2.29. The lowest BCUT2D eigenvalue weighted by molar-refractivity contribution is -0.146. The molecule has 1 fully saturated rings. The molecular weight excluding hydrogens is 120 g/mol. The summed E-state index contributed by atoms with van der Waals surface area (Å²) in [6.45, 7) is 1.43. The normalized spacial score (nSPS) is 18.8. The van der Waals surface area contributed by atoms with Gasteiger partial charge in [-0.05, 0) is 0 Å². The van der Waals surface area contributed by atoms with Gasteiger partial charge in [0.15, 0.2) is 0 Å². The fourth-order valence-corrected chi connectivity index (χ4v) is 0.721. The van der Waals surface area contributed by atoms with E-state index >= 15 is 0 Å². The first kappa shape index (κ1) is 6.55. The molecule has 0 unspecified atom stereocenters. The van der Waals surface area contributed by atoms with Crippen LogP contribution in [0, 0.1) is 5.92 Å². The van der Waals surface area contributed by atoms with Crippen molar-refractivity contribution in [3.63, 3.8) is 0 Å². The summed E-state index contributed by atoms with van der Waals surface area (Å²) in [5, 5.41) is 0. The summed E-state index contributed by atoms with van der Waals surface area (Å²) in [7, 11) is 1.40. The molecule has 0 aromatic rings. The molecule has 1 rings (SSSR count). The SMILES string of the molecule is COC(=O)CC1COC1. The molecule has 1 heterocycles. The lowest BCUT2D eigenvalue weighted by atomic mass is 10.1. The van der Waals surface area contributed by atoms with Crippen LogP contribution in [0.15, 0.2) is 0 Å². The average molecular weight is 130 g/mol. The molecule has 0 spiro atoms. The molecule has 9 heavy (non-hydrogen) atoms. The Morgan fingerprint density at radius 3 is 2.78 bits per heavy atom. The number of hydrogen-bond acceptors (Lipinski definition) is 3. The van der Waals surface area contributed by atoms with Crippen molar-refractivity contribution < 1.29 is 14.3 Å². The molecule has 0 aromatic carbocycles. The molecule has 0 saturated carbocycles. The number of carbonyl (C=O) groups is 1. The van der Waals surface area contributed by atoms with Gasteiger partial charge in [-0.3, -0.25) is 4.79 Å². The number of rotatable bonds is 2. The van der Waals surface area contributed by atoms with E-state index in [1.165, 1.54) is 7.11 Å². The minimum atomic E-state index is -0.136. The van der Waals surface area contributed by atoms with Crippen molar-refractivity contribution in [2.24, 2.45) is 5.92 Å². The van der Waals surface area contributed by atoms with Crippen LogP contribution >= 0.6 is 0 Å². The maximum absolute atomic E-state index is 10.5. The first-order valence-corrected chi connectivity index (χ1v) is 2.97. The highest BCUT2D eigenvalue weighted by Crippen LogP contribution is 2.14. The number of ether oxygens (including phenoxy) is 2. The quantitative estimate of drug-likeness (QED) is 0.501. The standard InChI is InChI=1S/C6H10O3/c1-8-6(7)2-5-3-9-4-5/h5H,2-4H2,1H3. The van der Waals surface area contributed by atoms with Crippen molar-refractivity contribution in [3.8, 4) is 0 Å². The van der Waals surface area contributed by atoms with Crippen LogP contribution in [0.4, 0.5) is 0 Å². The Kier molecular flexibility index (Phi) is 2.05. The van der Waals surface area contributed by atoms with Gasteiger partial charge in [0.25, 0.3) is 0 Å². The predicted molar refractivity (Wildman–Crippen MR) is 30.9 cm³/mol. The number of carbonyl (C=O) groups excluding carboxylic acids is 1. The molecule has 0 aliphatic carbocycles. The summed E-state index contributed by atoms with van der Waals surface area (Å²) in [6, 6.07) is 0. The molecule has 1 aliphatic rings. The fourth-order valence-electron chi connectivity index (χ4n) is 0.721. The van der Waals surface area contributed by atoms with E-state index in [2.05, 4.69) is 4.74 Å². The third-order valence-electron chi connectivity index (χ3n) is 1.39. The third kappa shape index (κ3) is 1.68. The van der Waals surface area contributed by atoms with Gasteiger partial charge in [-0.1, -0.05) is 0 Å². The van der Waals surface area contributed by atoms with Crippen molar-refractivity contribution in [2.75, 3.05) is 20.3 Å². The molecule has 1 aliphatic heterocycles. The van der Waals surface area contributed by atoms with Crippen LogP contribution in [-0.2, 0) is 14.3 Å². The summed E-state index contributed by atoms with van der Waals surface area (Å²) in [5.41, 5.74) is 0. The van der Waals surface area contributed by atoms with Gasteiger partial charge < -0.3 is 9.47 Å². The highest BCUT2D eigenvalue weighted by Gasteiger charge is 2.21. The molecule has 1 saturated heterocycles. The Bertz CT molecular complexity index is 107. The topological polar surface area (TPSA) is 35.5 Å². The molecule has 3 heteroatoms. The Morgan fingerprint density at radius 1 is 1.78 bits per heavy atom. The predicted octanol–water partition coefficient (Wildman–Crippen LogP) is 0.196. The van der Waals surface area contributed by atoms with E-state index < -0.39 is 0 Å². The molecule has 3 nitrogen and oxygen atoms in total. The van der Waals surface area contributed by atoms with Crippen molar-refractivity contribution >= 4 is 5.97 Å². The second-order valence-corrected chi connectivity index (χ2v) is 2.18. The van der Waals surface area contributed by atoms with Gasteiger partial charge in [-0.15, -0.1) is 0 Å². The largest absolute Gasteiger partial charge is 0.469 e. The molecule has 0 N–H and O–H groups in total. The molecule has 0 aromatic heterocycles. The van der Waals surface area contributed by atoms with Crippen LogP contribution in [0.3, 0.4) is 0 Å². The van der Waals surface area contributed by atoms with Crippen LogP contribution in [-0.4, -0.2) is 26.3 Å². The zero-order valence-electron chi connectivity index (χ0n) is 5.42. The first-order valence-electron chi connectivity index (χ1n) is 2.97. The molecular formula is C6H10O3.